The maximum absolute atomic E-state index is 5.67. The summed E-state index contributed by atoms with van der Waals surface area (Å²) in [5.74, 6) is 1.24. The lowest BCUT2D eigenvalue weighted by atomic mass is 10.2. The monoisotopic (exact) mass is 238 g/mol. The molecule has 0 aromatic carbocycles. The summed E-state index contributed by atoms with van der Waals surface area (Å²) >= 11 is 1.95. The van der Waals surface area contributed by atoms with E-state index < -0.39 is 0 Å². The highest BCUT2D eigenvalue weighted by Gasteiger charge is 2.23. The lowest BCUT2D eigenvalue weighted by Crippen LogP contribution is -2.17. The third-order valence-electron chi connectivity index (χ3n) is 3.03. The van der Waals surface area contributed by atoms with Crippen molar-refractivity contribution >= 4 is 29.1 Å². The highest BCUT2D eigenvalue weighted by atomic mass is 32.2. The van der Waals surface area contributed by atoms with E-state index in [2.05, 4.69) is 16.6 Å². The topological polar surface area (TPSA) is 77.0 Å². The Hall–Kier alpha value is -1.10. The van der Waals surface area contributed by atoms with Crippen LogP contribution >= 0.6 is 11.8 Å². The number of nitrogens with zero attached hydrogens (tertiary/aromatic N) is 1. The summed E-state index contributed by atoms with van der Waals surface area (Å²) in [6.45, 7) is 0. The number of anilines is 3. The van der Waals surface area contributed by atoms with Gasteiger partial charge in [-0.2, -0.15) is 11.8 Å². The predicted molar refractivity (Wildman–Crippen MR) is 71.6 cm³/mol. The molecule has 4 nitrogen and oxygen atoms in total. The number of nitrogens with one attached hydrogen (secondary N) is 1. The van der Waals surface area contributed by atoms with Crippen molar-refractivity contribution in [3.8, 4) is 0 Å². The fraction of sp³-hybridized carbons (Fsp3) is 0.545. The van der Waals surface area contributed by atoms with Crippen LogP contribution in [0.5, 0.6) is 0 Å². The molecular weight excluding hydrogens is 220 g/mol. The first-order valence-electron chi connectivity index (χ1n) is 5.50. The summed E-state index contributed by atoms with van der Waals surface area (Å²) in [6, 6.07) is 4.21. The zero-order valence-corrected chi connectivity index (χ0v) is 10.3. The van der Waals surface area contributed by atoms with E-state index in [-0.39, 0.29) is 0 Å². The van der Waals surface area contributed by atoms with Crippen LogP contribution < -0.4 is 16.8 Å². The first-order valence-corrected chi connectivity index (χ1v) is 6.79. The highest BCUT2D eigenvalue weighted by molar-refractivity contribution is 7.99. The fourth-order valence-corrected chi connectivity index (χ4v) is 2.86. The number of rotatable bonds is 3. The molecule has 1 heterocycles. The zero-order chi connectivity index (χ0) is 11.5. The lowest BCUT2D eigenvalue weighted by molar-refractivity contribution is 0.752. The average molecular weight is 238 g/mol. The second kappa shape index (κ2) is 4.82. The van der Waals surface area contributed by atoms with E-state index in [1.165, 1.54) is 19.3 Å². The molecule has 1 saturated carbocycles. The maximum Gasteiger partial charge on any atom is 0.149 e. The molecule has 1 fully saturated rings. The van der Waals surface area contributed by atoms with Crippen LogP contribution in [0.2, 0.25) is 0 Å². The quantitative estimate of drug-likeness (QED) is 0.750. The molecule has 0 saturated heterocycles. The van der Waals surface area contributed by atoms with Gasteiger partial charge in [-0.1, -0.05) is 0 Å². The van der Waals surface area contributed by atoms with E-state index in [9.17, 15) is 0 Å². The summed E-state index contributed by atoms with van der Waals surface area (Å²) in [5.41, 5.74) is 11.8. The van der Waals surface area contributed by atoms with Gasteiger partial charge in [0.15, 0.2) is 0 Å². The number of nitrogens with two attached hydrogens (primary N) is 2. The first-order chi connectivity index (χ1) is 7.69. The molecule has 88 valence electrons. The molecule has 1 aromatic rings. The zero-order valence-electron chi connectivity index (χ0n) is 9.44. The van der Waals surface area contributed by atoms with Crippen LogP contribution in [0.3, 0.4) is 0 Å². The van der Waals surface area contributed by atoms with Gasteiger partial charge >= 0.3 is 0 Å². The summed E-state index contributed by atoms with van der Waals surface area (Å²) in [4.78, 5) is 4.22. The van der Waals surface area contributed by atoms with Gasteiger partial charge in [-0.15, -0.1) is 0 Å². The molecule has 2 atom stereocenters. The minimum absolute atomic E-state index is 0.407. The summed E-state index contributed by atoms with van der Waals surface area (Å²) < 4.78 is 0. The molecule has 0 radical (unpaired) electrons. The van der Waals surface area contributed by atoms with Gasteiger partial charge < -0.3 is 16.8 Å². The fourth-order valence-electron chi connectivity index (χ4n) is 2.06. The van der Waals surface area contributed by atoms with Gasteiger partial charge in [0, 0.05) is 11.3 Å². The molecule has 1 aliphatic rings. The maximum atomic E-state index is 5.67. The smallest absolute Gasteiger partial charge is 0.149 e. The van der Waals surface area contributed by atoms with Crippen LogP contribution in [0.25, 0.3) is 0 Å². The third kappa shape index (κ3) is 2.52. The summed E-state index contributed by atoms with van der Waals surface area (Å²) in [6.07, 6.45) is 5.86. The lowest BCUT2D eigenvalue weighted by Gasteiger charge is -2.14. The van der Waals surface area contributed by atoms with E-state index >= 15 is 0 Å². The Morgan fingerprint density at radius 2 is 2.19 bits per heavy atom. The van der Waals surface area contributed by atoms with Crippen molar-refractivity contribution in [3.63, 3.8) is 0 Å². The molecule has 2 unspecified atom stereocenters. The number of hydrogen-bond donors (Lipinski definition) is 3. The molecule has 5 N–H and O–H groups in total. The molecule has 0 bridgehead atoms. The molecule has 16 heavy (non-hydrogen) atoms. The molecule has 5 heteroatoms. The second-order valence-corrected chi connectivity index (χ2v) is 5.32. The minimum Gasteiger partial charge on any atom is -0.396 e. The van der Waals surface area contributed by atoms with Crippen molar-refractivity contribution in [2.24, 2.45) is 0 Å². The van der Waals surface area contributed by atoms with E-state index in [1.54, 1.807) is 6.07 Å². The normalized spacial score (nSPS) is 24.6. The molecule has 0 amide bonds. The SMILES string of the molecule is CSC1CCC(Nc2ccc(N)c(N)n2)C1. The molecule has 0 aliphatic heterocycles. The Morgan fingerprint density at radius 1 is 1.38 bits per heavy atom. The largest absolute Gasteiger partial charge is 0.396 e. The Balaban J connectivity index is 1.97. The number of aromatic nitrogens is 1. The third-order valence-corrected chi connectivity index (χ3v) is 4.12. The van der Waals surface area contributed by atoms with Crippen molar-refractivity contribution in [2.75, 3.05) is 23.0 Å². The van der Waals surface area contributed by atoms with E-state index in [4.69, 9.17) is 11.5 Å². The van der Waals surface area contributed by atoms with Crippen LogP contribution in [-0.4, -0.2) is 22.5 Å². The Labute approximate surface area is 100 Å². The molecule has 1 aliphatic carbocycles. The average Bonchev–Trinajstić information content (AvgIpc) is 2.71. The number of pyridine rings is 1. The predicted octanol–water partition coefficient (Wildman–Crippen LogP) is 1.94. The Kier molecular flexibility index (Phi) is 3.43. The van der Waals surface area contributed by atoms with Crippen molar-refractivity contribution in [3.05, 3.63) is 12.1 Å². The number of thioether (sulfide) groups is 1. The standard InChI is InChI=1S/C11H18N4S/c1-16-8-3-2-7(6-8)14-10-5-4-9(12)11(13)15-10/h4-5,7-8H,2-3,6,12H2,1H3,(H3,13,14,15). The van der Waals surface area contributed by atoms with Gasteiger partial charge in [0.05, 0.1) is 5.69 Å². The number of hydrogen-bond acceptors (Lipinski definition) is 5. The minimum atomic E-state index is 0.407. The van der Waals surface area contributed by atoms with E-state index in [1.807, 2.05) is 17.8 Å². The highest BCUT2D eigenvalue weighted by Crippen LogP contribution is 2.30. The van der Waals surface area contributed by atoms with Gasteiger partial charge in [0.2, 0.25) is 0 Å². The van der Waals surface area contributed by atoms with E-state index in [0.717, 1.165) is 11.1 Å². The van der Waals surface area contributed by atoms with Crippen molar-refractivity contribution in [2.45, 2.75) is 30.6 Å². The van der Waals surface area contributed by atoms with E-state index in [0.29, 0.717) is 17.5 Å². The molecular formula is C11H18N4S. The van der Waals surface area contributed by atoms with Crippen LogP contribution in [0.4, 0.5) is 17.3 Å². The van der Waals surface area contributed by atoms with Crippen molar-refractivity contribution in [1.82, 2.24) is 4.98 Å². The second-order valence-electron chi connectivity index (χ2n) is 4.18. The van der Waals surface area contributed by atoms with Crippen LogP contribution in [-0.2, 0) is 0 Å². The van der Waals surface area contributed by atoms with Gasteiger partial charge in [0.1, 0.15) is 11.6 Å². The molecule has 1 aromatic heterocycles. The van der Waals surface area contributed by atoms with Gasteiger partial charge in [-0.3, -0.25) is 0 Å². The van der Waals surface area contributed by atoms with Crippen LogP contribution in [0.1, 0.15) is 19.3 Å². The van der Waals surface area contributed by atoms with Crippen molar-refractivity contribution < 1.29 is 0 Å². The van der Waals surface area contributed by atoms with Gasteiger partial charge in [-0.05, 0) is 37.7 Å². The summed E-state index contributed by atoms with van der Waals surface area (Å²) in [5, 5.41) is 4.19. The van der Waals surface area contributed by atoms with Crippen LogP contribution in [0.15, 0.2) is 12.1 Å². The number of nitrogen functional groups attached to an aromatic ring is 2. The summed E-state index contributed by atoms with van der Waals surface area (Å²) in [7, 11) is 0. The first kappa shape index (κ1) is 11.4. The van der Waals surface area contributed by atoms with Crippen molar-refractivity contribution in [1.29, 1.82) is 0 Å². The Morgan fingerprint density at radius 3 is 2.81 bits per heavy atom. The van der Waals surface area contributed by atoms with Gasteiger partial charge in [0.25, 0.3) is 0 Å². The van der Waals surface area contributed by atoms with Gasteiger partial charge in [-0.25, -0.2) is 4.98 Å². The molecule has 2 rings (SSSR count). The van der Waals surface area contributed by atoms with Crippen LogP contribution in [0, 0.1) is 0 Å². The molecule has 0 spiro atoms. The Bertz CT molecular complexity index is 369.